The second-order valence-corrected chi connectivity index (χ2v) is 3.20. The monoisotopic (exact) mass is 100 g/mol. The van der Waals surface area contributed by atoms with E-state index in [1.54, 1.807) is 0 Å². The molecule has 1 saturated heterocycles. The first-order chi connectivity index (χ1) is 3.00. The van der Waals surface area contributed by atoms with Crippen LogP contribution in [0.5, 0.6) is 0 Å². The summed E-state index contributed by atoms with van der Waals surface area (Å²) in [5.74, 6) is 0. The van der Waals surface area contributed by atoms with Crippen molar-refractivity contribution >= 4 is 16.5 Å². The van der Waals surface area contributed by atoms with Crippen LogP contribution in [-0.4, -0.2) is 23.1 Å². The first-order valence-corrected chi connectivity index (χ1v) is 4.15. The van der Waals surface area contributed by atoms with Crippen LogP contribution in [0.2, 0.25) is 6.32 Å². The fraction of sp³-hybridized carbons (Fsp3) is 1.00. The molecule has 0 bridgehead atoms. The molecule has 1 aliphatic rings. The zero-order valence-corrected chi connectivity index (χ0v) is 5.36. The van der Waals surface area contributed by atoms with Gasteiger partial charge in [0.25, 0.3) is 0 Å². The fourth-order valence-corrected chi connectivity index (χ4v) is 1.86. The molecular weight excluding hydrogens is 90.9 g/mol. The van der Waals surface area contributed by atoms with Gasteiger partial charge in [-0.25, -0.2) is 0 Å². The van der Waals surface area contributed by atoms with Crippen molar-refractivity contribution in [2.45, 2.75) is 12.7 Å². The van der Waals surface area contributed by atoms with Crippen molar-refractivity contribution in [3.05, 3.63) is 0 Å². The maximum atomic E-state index is 5.21. The fourth-order valence-electron chi connectivity index (χ4n) is 0.687. The molecule has 0 saturated carbocycles. The predicted molar refractivity (Wildman–Crippen MR) is 31.1 cm³/mol. The predicted octanol–water partition coefficient (Wildman–Crippen LogP) is -0.740. The summed E-state index contributed by atoms with van der Waals surface area (Å²) >= 11 is 0. The Morgan fingerprint density at radius 2 is 2.67 bits per heavy atom. The van der Waals surface area contributed by atoms with Crippen LogP contribution in [0.15, 0.2) is 0 Å². The van der Waals surface area contributed by atoms with Crippen LogP contribution < -0.4 is 0 Å². The summed E-state index contributed by atoms with van der Waals surface area (Å²) in [7, 11) is 0.00849. The summed E-state index contributed by atoms with van der Waals surface area (Å²) in [5, 5.41) is 0. The van der Waals surface area contributed by atoms with Gasteiger partial charge in [0.05, 0.1) is 0 Å². The van der Waals surface area contributed by atoms with Gasteiger partial charge in [0.2, 0.25) is 0 Å². The van der Waals surface area contributed by atoms with E-state index in [0.717, 1.165) is 6.61 Å². The van der Waals surface area contributed by atoms with Gasteiger partial charge in [-0.3, -0.25) is 0 Å². The molecule has 0 aromatic heterocycles. The van der Waals surface area contributed by atoms with Gasteiger partial charge in [0, 0.05) is 6.61 Å². The summed E-state index contributed by atoms with van der Waals surface area (Å²) in [5.41, 5.74) is 0. The zero-order valence-electron chi connectivity index (χ0n) is 3.94. The normalized spacial score (nSPS) is 26.7. The Hall–Kier alpha value is 0.242. The van der Waals surface area contributed by atoms with Gasteiger partial charge < -0.3 is 4.43 Å². The third kappa shape index (κ3) is 1.14. The van der Waals surface area contributed by atoms with Gasteiger partial charge in [0.15, 0.2) is 0 Å². The summed E-state index contributed by atoms with van der Waals surface area (Å²) in [4.78, 5) is 0. The third-order valence-electron chi connectivity index (χ3n) is 1.08. The van der Waals surface area contributed by atoms with Crippen molar-refractivity contribution in [2.24, 2.45) is 0 Å². The largest absolute Gasteiger partial charge is 0.433 e. The average molecular weight is 100 g/mol. The molecule has 0 aliphatic carbocycles. The minimum Gasteiger partial charge on any atom is -0.433 e. The Balaban J connectivity index is 2.00. The highest BCUT2D eigenvalue weighted by molar-refractivity contribution is 6.97. The van der Waals surface area contributed by atoms with Crippen molar-refractivity contribution in [1.29, 1.82) is 0 Å². The topological polar surface area (TPSA) is 9.23 Å². The van der Waals surface area contributed by atoms with E-state index in [1.165, 1.54) is 19.6 Å². The van der Waals surface area contributed by atoms with Crippen LogP contribution in [0.3, 0.4) is 0 Å². The molecule has 6 heavy (non-hydrogen) atoms. The lowest BCUT2D eigenvalue weighted by atomic mass is 10.0. The molecule has 0 atom stereocenters. The number of hydrogen-bond acceptors (Lipinski definition) is 1. The van der Waals surface area contributed by atoms with Crippen LogP contribution in [0.1, 0.15) is 6.42 Å². The van der Waals surface area contributed by atoms with Gasteiger partial charge in [0.1, 0.15) is 16.5 Å². The summed E-state index contributed by atoms with van der Waals surface area (Å²) < 4.78 is 5.21. The molecule has 1 heterocycles. The molecule has 1 aliphatic heterocycles. The summed E-state index contributed by atoms with van der Waals surface area (Å²) in [6.45, 7) is 2.48. The van der Waals surface area contributed by atoms with E-state index in [2.05, 4.69) is 0 Å². The van der Waals surface area contributed by atoms with Gasteiger partial charge in [-0.1, -0.05) is 6.32 Å². The SMILES string of the molecule is B1CCCO[SiH2]1. The van der Waals surface area contributed by atoms with Crippen molar-refractivity contribution in [3.63, 3.8) is 0 Å². The average Bonchev–Trinajstić information content (AvgIpc) is 1.72. The van der Waals surface area contributed by atoms with E-state index in [9.17, 15) is 0 Å². The molecule has 3 heteroatoms. The second kappa shape index (κ2) is 2.42. The molecule has 34 valence electrons. The highest BCUT2D eigenvalue weighted by Crippen LogP contribution is 1.93. The highest BCUT2D eigenvalue weighted by atomic mass is 28.2. The van der Waals surface area contributed by atoms with E-state index in [4.69, 9.17) is 4.43 Å². The Kier molecular flexibility index (Phi) is 1.78. The summed E-state index contributed by atoms with van der Waals surface area (Å²) in [6, 6.07) is 0. The lowest BCUT2D eigenvalue weighted by molar-refractivity contribution is 0.337. The van der Waals surface area contributed by atoms with Crippen LogP contribution in [0, 0.1) is 0 Å². The Morgan fingerprint density at radius 1 is 1.67 bits per heavy atom. The molecular formula is C3H9BOSi. The van der Waals surface area contributed by atoms with Crippen LogP contribution >= 0.6 is 0 Å². The first kappa shape index (κ1) is 4.40. The van der Waals surface area contributed by atoms with Crippen molar-refractivity contribution in [1.82, 2.24) is 0 Å². The Bertz CT molecular complexity index is 26.3. The molecule has 0 spiro atoms. The van der Waals surface area contributed by atoms with Gasteiger partial charge in [-0.05, 0) is 6.42 Å². The van der Waals surface area contributed by atoms with E-state index < -0.39 is 0 Å². The van der Waals surface area contributed by atoms with Crippen LogP contribution in [0.4, 0.5) is 0 Å². The van der Waals surface area contributed by atoms with Crippen LogP contribution in [-0.2, 0) is 4.43 Å². The lowest BCUT2D eigenvalue weighted by Crippen LogP contribution is -2.15. The van der Waals surface area contributed by atoms with E-state index >= 15 is 0 Å². The summed E-state index contributed by atoms with van der Waals surface area (Å²) in [6.07, 6.45) is 2.75. The second-order valence-electron chi connectivity index (χ2n) is 1.67. The van der Waals surface area contributed by atoms with Gasteiger partial charge in [-0.15, -0.1) is 0 Å². The number of hydrogen-bond donors (Lipinski definition) is 0. The van der Waals surface area contributed by atoms with Crippen molar-refractivity contribution < 1.29 is 4.43 Å². The van der Waals surface area contributed by atoms with E-state index in [-0.39, 0.29) is 9.63 Å². The minimum absolute atomic E-state index is 0.00849. The molecule has 1 fully saturated rings. The molecule has 0 radical (unpaired) electrons. The lowest BCUT2D eigenvalue weighted by Gasteiger charge is -2.06. The molecule has 1 nitrogen and oxygen atoms in total. The minimum atomic E-state index is 0.00849. The molecule has 0 N–H and O–H groups in total. The molecule has 0 aromatic rings. The Labute approximate surface area is 41.2 Å². The standard InChI is InChI=1S/C3H9BOSi/c1-2-4-6-5-3-1/h4H,1-3,6H2. The maximum absolute atomic E-state index is 5.21. The third-order valence-corrected chi connectivity index (χ3v) is 2.44. The molecule has 0 amide bonds. The van der Waals surface area contributed by atoms with E-state index in [1.807, 2.05) is 0 Å². The quantitative estimate of drug-likeness (QED) is 0.364. The molecule has 0 unspecified atom stereocenters. The molecule has 1 rings (SSSR count). The number of rotatable bonds is 0. The zero-order chi connectivity index (χ0) is 4.24. The highest BCUT2D eigenvalue weighted by Gasteiger charge is 1.98. The smallest absolute Gasteiger partial charge is 0.141 e. The maximum Gasteiger partial charge on any atom is 0.141 e. The van der Waals surface area contributed by atoms with Crippen molar-refractivity contribution in [2.75, 3.05) is 6.61 Å². The van der Waals surface area contributed by atoms with Gasteiger partial charge >= 0.3 is 0 Å². The van der Waals surface area contributed by atoms with E-state index in [0.29, 0.717) is 0 Å². The van der Waals surface area contributed by atoms with Crippen LogP contribution in [0.25, 0.3) is 0 Å². The molecule has 0 aromatic carbocycles. The Morgan fingerprint density at radius 3 is 2.83 bits per heavy atom. The first-order valence-electron chi connectivity index (χ1n) is 2.58. The van der Waals surface area contributed by atoms with Crippen molar-refractivity contribution in [3.8, 4) is 0 Å². The van der Waals surface area contributed by atoms with Gasteiger partial charge in [-0.2, -0.15) is 0 Å².